The summed E-state index contributed by atoms with van der Waals surface area (Å²) in [5.74, 6) is -3.25. The zero-order chi connectivity index (χ0) is 18.6. The molecule has 8 heteroatoms. The molecule has 1 saturated heterocycles. The number of carbonyl (C=O) groups is 1. The molecule has 2 aliphatic heterocycles. The highest BCUT2D eigenvalue weighted by molar-refractivity contribution is 5.99. The Morgan fingerprint density at radius 3 is 2.44 bits per heavy atom. The van der Waals surface area contributed by atoms with Crippen molar-refractivity contribution in [1.82, 2.24) is 9.80 Å². The standard InChI is InChI=1S/C17H19F5N2O/c1-10(2)24-8-13-12(15(24)25)5-11(6-14(13)17(20,21)22)7-23-4-3-16(18,19)9-23/h5-6,10H,3-4,7-9H2,1-2H3. The second kappa shape index (κ2) is 5.93. The first kappa shape index (κ1) is 18.1. The number of halogens is 5. The second-order valence-electron chi connectivity index (χ2n) is 7.01. The average molecular weight is 362 g/mol. The van der Waals surface area contributed by atoms with Crippen molar-refractivity contribution in [3.63, 3.8) is 0 Å². The first-order valence-corrected chi connectivity index (χ1v) is 8.12. The number of benzene rings is 1. The molecule has 1 aromatic carbocycles. The summed E-state index contributed by atoms with van der Waals surface area (Å²) in [5.41, 5.74) is -0.601. The van der Waals surface area contributed by atoms with E-state index in [4.69, 9.17) is 0 Å². The number of amides is 1. The van der Waals surface area contributed by atoms with E-state index < -0.39 is 30.1 Å². The molecular weight excluding hydrogens is 343 g/mol. The van der Waals surface area contributed by atoms with E-state index in [0.29, 0.717) is 0 Å². The Bertz CT molecular complexity index is 699. The highest BCUT2D eigenvalue weighted by Crippen LogP contribution is 2.39. The number of carbonyl (C=O) groups excluding carboxylic acids is 1. The van der Waals surface area contributed by atoms with Crippen LogP contribution in [0.15, 0.2) is 12.1 Å². The van der Waals surface area contributed by atoms with Crippen LogP contribution in [-0.2, 0) is 19.3 Å². The number of hydrogen-bond acceptors (Lipinski definition) is 2. The van der Waals surface area contributed by atoms with Crippen LogP contribution < -0.4 is 0 Å². The fourth-order valence-corrected chi connectivity index (χ4v) is 3.45. The molecule has 0 bridgehead atoms. The minimum atomic E-state index is -4.59. The van der Waals surface area contributed by atoms with Gasteiger partial charge >= 0.3 is 6.18 Å². The zero-order valence-electron chi connectivity index (χ0n) is 14.0. The molecule has 25 heavy (non-hydrogen) atoms. The third kappa shape index (κ3) is 3.49. The van der Waals surface area contributed by atoms with Gasteiger partial charge in [0.2, 0.25) is 0 Å². The third-order valence-electron chi connectivity index (χ3n) is 4.71. The monoisotopic (exact) mass is 362 g/mol. The van der Waals surface area contributed by atoms with Crippen LogP contribution in [-0.4, -0.2) is 40.8 Å². The number of likely N-dealkylation sites (tertiary alicyclic amines) is 1. The van der Waals surface area contributed by atoms with Crippen LogP contribution in [0.3, 0.4) is 0 Å². The average Bonchev–Trinajstić information content (AvgIpc) is 2.98. The van der Waals surface area contributed by atoms with Crippen LogP contribution in [0.4, 0.5) is 22.0 Å². The van der Waals surface area contributed by atoms with Crippen molar-refractivity contribution in [2.45, 2.75) is 51.5 Å². The molecule has 3 rings (SSSR count). The predicted octanol–water partition coefficient (Wildman–Crippen LogP) is 3.91. The van der Waals surface area contributed by atoms with Gasteiger partial charge in [-0.05, 0) is 37.1 Å². The molecule has 0 unspecified atom stereocenters. The topological polar surface area (TPSA) is 23.6 Å². The Labute approximate surface area is 142 Å². The van der Waals surface area contributed by atoms with E-state index in [1.54, 1.807) is 13.8 Å². The molecule has 0 atom stereocenters. The summed E-state index contributed by atoms with van der Waals surface area (Å²) >= 11 is 0. The number of fused-ring (bicyclic) bond motifs is 1. The lowest BCUT2D eigenvalue weighted by molar-refractivity contribution is -0.138. The van der Waals surface area contributed by atoms with Crippen molar-refractivity contribution >= 4 is 5.91 Å². The molecule has 0 N–H and O–H groups in total. The summed E-state index contributed by atoms with van der Waals surface area (Å²) in [5, 5.41) is 0. The summed E-state index contributed by atoms with van der Waals surface area (Å²) in [6, 6.07) is 2.19. The van der Waals surface area contributed by atoms with Gasteiger partial charge in [0.15, 0.2) is 0 Å². The Balaban J connectivity index is 1.96. The van der Waals surface area contributed by atoms with Crippen molar-refractivity contribution in [1.29, 1.82) is 0 Å². The van der Waals surface area contributed by atoms with Gasteiger partial charge in [-0.25, -0.2) is 8.78 Å². The van der Waals surface area contributed by atoms with Gasteiger partial charge in [-0.15, -0.1) is 0 Å². The fourth-order valence-electron chi connectivity index (χ4n) is 3.45. The molecule has 2 aliphatic rings. The first-order valence-electron chi connectivity index (χ1n) is 8.12. The summed E-state index contributed by atoms with van der Waals surface area (Å²) < 4.78 is 67.0. The number of rotatable bonds is 3. The summed E-state index contributed by atoms with van der Waals surface area (Å²) in [7, 11) is 0. The number of alkyl halides is 5. The SMILES string of the molecule is CC(C)N1Cc2c(cc(CN3CCC(F)(F)C3)cc2C(F)(F)F)C1=O. The van der Waals surface area contributed by atoms with E-state index in [1.165, 1.54) is 15.9 Å². The summed E-state index contributed by atoms with van der Waals surface area (Å²) in [6.07, 6.45) is -4.90. The predicted molar refractivity (Wildman–Crippen MR) is 81.3 cm³/mol. The van der Waals surface area contributed by atoms with E-state index >= 15 is 0 Å². The summed E-state index contributed by atoms with van der Waals surface area (Å²) in [6.45, 7) is 3.02. The van der Waals surface area contributed by atoms with Crippen molar-refractivity contribution in [3.05, 3.63) is 34.4 Å². The first-order chi connectivity index (χ1) is 11.5. The third-order valence-corrected chi connectivity index (χ3v) is 4.71. The smallest absolute Gasteiger partial charge is 0.332 e. The van der Waals surface area contributed by atoms with E-state index in [1.807, 2.05) is 0 Å². The molecule has 1 aromatic rings. The van der Waals surface area contributed by atoms with Crippen LogP contribution in [0.25, 0.3) is 0 Å². The van der Waals surface area contributed by atoms with Gasteiger partial charge in [0.05, 0.1) is 12.1 Å². The van der Waals surface area contributed by atoms with E-state index in [9.17, 15) is 26.7 Å². The van der Waals surface area contributed by atoms with Crippen LogP contribution in [0.5, 0.6) is 0 Å². The Hall–Kier alpha value is -1.70. The maximum absolute atomic E-state index is 13.5. The van der Waals surface area contributed by atoms with Crippen molar-refractivity contribution in [3.8, 4) is 0 Å². The fraction of sp³-hybridized carbons (Fsp3) is 0.588. The lowest BCUT2D eigenvalue weighted by atomic mass is 9.98. The second-order valence-corrected chi connectivity index (χ2v) is 7.01. The lowest BCUT2D eigenvalue weighted by Gasteiger charge is -2.20. The molecular formula is C17H19F5N2O. The number of hydrogen-bond donors (Lipinski definition) is 0. The van der Waals surface area contributed by atoms with E-state index in [0.717, 1.165) is 6.07 Å². The molecule has 1 fully saturated rings. The van der Waals surface area contributed by atoms with Gasteiger partial charge in [-0.3, -0.25) is 9.69 Å². The number of nitrogens with zero attached hydrogens (tertiary/aromatic N) is 2. The van der Waals surface area contributed by atoms with E-state index in [2.05, 4.69) is 0 Å². The van der Waals surface area contributed by atoms with Crippen LogP contribution in [0.1, 0.15) is 47.3 Å². The highest BCUT2D eigenvalue weighted by atomic mass is 19.4. The largest absolute Gasteiger partial charge is 0.416 e. The van der Waals surface area contributed by atoms with Crippen molar-refractivity contribution in [2.75, 3.05) is 13.1 Å². The van der Waals surface area contributed by atoms with Gasteiger partial charge in [-0.2, -0.15) is 13.2 Å². The quantitative estimate of drug-likeness (QED) is 0.761. The Morgan fingerprint density at radius 1 is 1.24 bits per heavy atom. The lowest BCUT2D eigenvalue weighted by Crippen LogP contribution is -2.30. The Morgan fingerprint density at radius 2 is 1.92 bits per heavy atom. The van der Waals surface area contributed by atoms with Crippen LogP contribution >= 0.6 is 0 Å². The van der Waals surface area contributed by atoms with Gasteiger partial charge < -0.3 is 4.90 Å². The zero-order valence-corrected chi connectivity index (χ0v) is 14.0. The van der Waals surface area contributed by atoms with Gasteiger partial charge in [0.1, 0.15) is 0 Å². The minimum Gasteiger partial charge on any atom is -0.332 e. The van der Waals surface area contributed by atoms with Crippen molar-refractivity contribution in [2.24, 2.45) is 0 Å². The maximum Gasteiger partial charge on any atom is 0.416 e. The van der Waals surface area contributed by atoms with Gasteiger partial charge in [-0.1, -0.05) is 0 Å². The van der Waals surface area contributed by atoms with Crippen LogP contribution in [0, 0.1) is 0 Å². The molecule has 0 radical (unpaired) electrons. The molecule has 2 heterocycles. The summed E-state index contributed by atoms with van der Waals surface area (Å²) in [4.78, 5) is 15.2. The van der Waals surface area contributed by atoms with Crippen LogP contribution in [0.2, 0.25) is 0 Å². The molecule has 0 aliphatic carbocycles. The van der Waals surface area contributed by atoms with Crippen molar-refractivity contribution < 1.29 is 26.7 Å². The minimum absolute atomic E-state index is 0.0262. The normalized spacial score (nSPS) is 20.6. The Kier molecular flexibility index (Phi) is 4.29. The molecule has 138 valence electrons. The molecule has 1 amide bonds. The van der Waals surface area contributed by atoms with Gasteiger partial charge in [0.25, 0.3) is 11.8 Å². The molecule has 0 spiro atoms. The van der Waals surface area contributed by atoms with E-state index in [-0.39, 0.29) is 48.8 Å². The van der Waals surface area contributed by atoms with Gasteiger partial charge in [0, 0.05) is 37.7 Å². The highest BCUT2D eigenvalue weighted by Gasteiger charge is 2.42. The molecule has 0 saturated carbocycles. The molecule has 0 aromatic heterocycles. The molecule has 3 nitrogen and oxygen atoms in total. The maximum atomic E-state index is 13.5.